The molecular formula is C22H19BrClNO3. The molecule has 2 atom stereocenters. The van der Waals surface area contributed by atoms with Crippen LogP contribution in [0.15, 0.2) is 65.1 Å². The molecule has 144 valence electrons. The largest absolute Gasteiger partial charge is 0.478 e. The van der Waals surface area contributed by atoms with Crippen LogP contribution in [0.1, 0.15) is 29.7 Å². The van der Waals surface area contributed by atoms with Gasteiger partial charge in [0.25, 0.3) is 0 Å². The van der Waals surface area contributed by atoms with Crippen molar-refractivity contribution in [1.29, 1.82) is 0 Å². The van der Waals surface area contributed by atoms with Crippen molar-refractivity contribution in [2.75, 3.05) is 6.61 Å². The summed E-state index contributed by atoms with van der Waals surface area (Å²) in [6.07, 6.45) is 0. The van der Waals surface area contributed by atoms with Crippen LogP contribution in [0, 0.1) is 0 Å². The molecule has 3 aromatic rings. The average Bonchev–Trinajstić information content (AvgIpc) is 3.03. The van der Waals surface area contributed by atoms with Gasteiger partial charge in [0.15, 0.2) is 5.60 Å². The smallest absolute Gasteiger partial charge is 0.213 e. The van der Waals surface area contributed by atoms with Gasteiger partial charge in [0.1, 0.15) is 12.4 Å². The molecule has 4 rings (SSSR count). The van der Waals surface area contributed by atoms with Crippen LogP contribution in [0.25, 0.3) is 0 Å². The Kier molecular flexibility index (Phi) is 5.32. The zero-order valence-electron chi connectivity index (χ0n) is 15.2. The van der Waals surface area contributed by atoms with E-state index in [2.05, 4.69) is 20.9 Å². The van der Waals surface area contributed by atoms with E-state index in [4.69, 9.17) is 21.1 Å². The minimum atomic E-state index is -0.998. The van der Waals surface area contributed by atoms with Crippen LogP contribution in [0.2, 0.25) is 5.02 Å². The second-order valence-electron chi connectivity index (χ2n) is 6.78. The standard InChI is InChI=1S/C22H19BrClNO3/c1-14-20-17(11-10-16(24)21(20)23)28-22(14,13-26)18-8-5-9-19(25-18)27-12-15-6-3-2-4-7-15/h2-11,14,26H,12-13H2,1H3/t14-,22-/m0/s1. The molecule has 0 amide bonds. The lowest BCUT2D eigenvalue weighted by atomic mass is 9.83. The van der Waals surface area contributed by atoms with Crippen molar-refractivity contribution in [2.45, 2.75) is 25.0 Å². The van der Waals surface area contributed by atoms with E-state index in [0.717, 1.165) is 15.6 Å². The highest BCUT2D eigenvalue weighted by Gasteiger charge is 2.49. The molecule has 0 unspecified atom stereocenters. The first-order valence-corrected chi connectivity index (χ1v) is 10.1. The van der Waals surface area contributed by atoms with E-state index < -0.39 is 5.60 Å². The zero-order chi connectivity index (χ0) is 19.7. The molecular weight excluding hydrogens is 442 g/mol. The Hall–Kier alpha value is -2.08. The number of hydrogen-bond acceptors (Lipinski definition) is 4. The van der Waals surface area contributed by atoms with Gasteiger partial charge in [0.05, 0.1) is 17.3 Å². The number of aliphatic hydroxyl groups is 1. The fraction of sp³-hybridized carbons (Fsp3) is 0.227. The quantitative estimate of drug-likeness (QED) is 0.549. The minimum absolute atomic E-state index is 0.155. The van der Waals surface area contributed by atoms with Gasteiger partial charge in [-0.2, -0.15) is 0 Å². The highest BCUT2D eigenvalue weighted by Crippen LogP contribution is 2.53. The van der Waals surface area contributed by atoms with Gasteiger partial charge in [-0.3, -0.25) is 0 Å². The highest BCUT2D eigenvalue weighted by molar-refractivity contribution is 9.10. The first kappa shape index (κ1) is 19.2. The molecule has 1 aliphatic rings. The maximum Gasteiger partial charge on any atom is 0.213 e. The SMILES string of the molecule is C[C@H]1c2c(ccc(Cl)c2Br)O[C@]1(CO)c1cccc(OCc2ccccc2)n1. The van der Waals surface area contributed by atoms with Crippen molar-refractivity contribution in [3.8, 4) is 11.6 Å². The summed E-state index contributed by atoms with van der Waals surface area (Å²) in [6.45, 7) is 2.20. The first-order valence-electron chi connectivity index (χ1n) is 8.97. The molecule has 2 aromatic carbocycles. The summed E-state index contributed by atoms with van der Waals surface area (Å²) in [5.41, 5.74) is 1.61. The molecule has 1 N–H and O–H groups in total. The van der Waals surface area contributed by atoms with Crippen LogP contribution in [0.5, 0.6) is 11.6 Å². The molecule has 4 nitrogen and oxygen atoms in total. The summed E-state index contributed by atoms with van der Waals surface area (Å²) in [7, 11) is 0. The number of pyridine rings is 1. The fourth-order valence-corrected chi connectivity index (χ4v) is 4.38. The molecule has 6 heteroatoms. The lowest BCUT2D eigenvalue weighted by molar-refractivity contribution is 0.00332. The van der Waals surface area contributed by atoms with Crippen molar-refractivity contribution < 1.29 is 14.6 Å². The van der Waals surface area contributed by atoms with Crippen molar-refractivity contribution >= 4 is 27.5 Å². The summed E-state index contributed by atoms with van der Waals surface area (Å²) in [6, 6.07) is 19.0. The second-order valence-corrected chi connectivity index (χ2v) is 7.98. The summed E-state index contributed by atoms with van der Waals surface area (Å²) >= 11 is 9.82. The Morgan fingerprint density at radius 3 is 2.68 bits per heavy atom. The molecule has 0 spiro atoms. The lowest BCUT2D eigenvalue weighted by Crippen LogP contribution is -2.39. The summed E-state index contributed by atoms with van der Waals surface area (Å²) in [5.74, 6) is 1.02. The monoisotopic (exact) mass is 459 g/mol. The van der Waals surface area contributed by atoms with Crippen LogP contribution in [-0.4, -0.2) is 16.7 Å². The second kappa shape index (κ2) is 7.74. The van der Waals surface area contributed by atoms with Crippen LogP contribution >= 0.6 is 27.5 Å². The summed E-state index contributed by atoms with van der Waals surface area (Å²) in [4.78, 5) is 4.64. The molecule has 0 aliphatic carbocycles. The number of nitrogens with zero attached hydrogens (tertiary/aromatic N) is 1. The van der Waals surface area contributed by atoms with Crippen LogP contribution in [0.3, 0.4) is 0 Å². The van der Waals surface area contributed by atoms with Gasteiger partial charge in [-0.05, 0) is 39.7 Å². The van der Waals surface area contributed by atoms with Gasteiger partial charge in [0, 0.05) is 22.0 Å². The van der Waals surface area contributed by atoms with Crippen LogP contribution < -0.4 is 9.47 Å². The number of ether oxygens (including phenoxy) is 2. The van der Waals surface area contributed by atoms with E-state index in [1.54, 1.807) is 12.1 Å². The van der Waals surface area contributed by atoms with E-state index in [1.165, 1.54) is 0 Å². The topological polar surface area (TPSA) is 51.6 Å². The number of benzene rings is 2. The maximum atomic E-state index is 10.3. The Morgan fingerprint density at radius 1 is 1.14 bits per heavy atom. The summed E-state index contributed by atoms with van der Waals surface area (Å²) < 4.78 is 12.9. The molecule has 2 heterocycles. The van der Waals surface area contributed by atoms with Gasteiger partial charge in [-0.15, -0.1) is 0 Å². The number of aliphatic hydroxyl groups excluding tert-OH is 1. The predicted octanol–water partition coefficient (Wildman–Crippen LogP) is 5.46. The Balaban J connectivity index is 1.65. The fourth-order valence-electron chi connectivity index (χ4n) is 3.55. The van der Waals surface area contributed by atoms with E-state index in [0.29, 0.717) is 29.0 Å². The van der Waals surface area contributed by atoms with Gasteiger partial charge in [-0.25, -0.2) is 4.98 Å². The number of hydrogen-bond donors (Lipinski definition) is 1. The molecule has 28 heavy (non-hydrogen) atoms. The third-order valence-electron chi connectivity index (χ3n) is 5.14. The number of rotatable bonds is 5. The highest BCUT2D eigenvalue weighted by atomic mass is 79.9. The third kappa shape index (κ3) is 3.28. The Labute approximate surface area is 177 Å². The maximum absolute atomic E-state index is 10.3. The van der Waals surface area contributed by atoms with Crippen molar-refractivity contribution in [3.63, 3.8) is 0 Å². The van der Waals surface area contributed by atoms with Gasteiger partial charge >= 0.3 is 0 Å². The summed E-state index contributed by atoms with van der Waals surface area (Å²) in [5, 5.41) is 10.9. The van der Waals surface area contributed by atoms with Crippen LogP contribution in [0.4, 0.5) is 0 Å². The average molecular weight is 461 g/mol. The van der Waals surface area contributed by atoms with Gasteiger partial charge < -0.3 is 14.6 Å². The number of aromatic nitrogens is 1. The number of fused-ring (bicyclic) bond motifs is 1. The third-order valence-corrected chi connectivity index (χ3v) is 6.54. The molecule has 0 fully saturated rings. The van der Waals surface area contributed by atoms with E-state index in [1.807, 2.05) is 55.5 Å². The molecule has 1 aromatic heterocycles. The van der Waals surface area contributed by atoms with Crippen LogP contribution in [-0.2, 0) is 12.2 Å². The van der Waals surface area contributed by atoms with Gasteiger partial charge in [0.2, 0.25) is 5.88 Å². The Morgan fingerprint density at radius 2 is 1.93 bits per heavy atom. The Bertz CT molecular complexity index is 998. The molecule has 0 saturated carbocycles. The zero-order valence-corrected chi connectivity index (χ0v) is 17.6. The van der Waals surface area contributed by atoms with Gasteiger partial charge in [-0.1, -0.05) is 54.9 Å². The normalized spacial score (nSPS) is 20.5. The van der Waals surface area contributed by atoms with E-state index >= 15 is 0 Å². The first-order chi connectivity index (χ1) is 13.5. The van der Waals surface area contributed by atoms with E-state index in [-0.39, 0.29) is 12.5 Å². The molecule has 0 bridgehead atoms. The lowest BCUT2D eigenvalue weighted by Gasteiger charge is -2.30. The molecule has 1 aliphatic heterocycles. The molecule has 0 saturated heterocycles. The van der Waals surface area contributed by atoms with Crippen molar-refractivity contribution in [2.24, 2.45) is 0 Å². The van der Waals surface area contributed by atoms with E-state index in [9.17, 15) is 5.11 Å². The minimum Gasteiger partial charge on any atom is -0.478 e. The predicted molar refractivity (Wildman–Crippen MR) is 112 cm³/mol. The van der Waals surface area contributed by atoms with Crippen molar-refractivity contribution in [3.05, 3.63) is 87.0 Å². The number of halogens is 2. The van der Waals surface area contributed by atoms with Crippen molar-refractivity contribution in [1.82, 2.24) is 4.98 Å². The molecule has 0 radical (unpaired) electrons.